The molecule has 0 aliphatic rings. The second-order valence-corrected chi connectivity index (χ2v) is 3.96. The summed E-state index contributed by atoms with van der Waals surface area (Å²) in [4.78, 5) is 8.31. The van der Waals surface area contributed by atoms with Crippen LogP contribution < -0.4 is 5.73 Å². The van der Waals surface area contributed by atoms with E-state index < -0.39 is 0 Å². The number of nitrogen functional groups attached to an aromatic ring is 1. The van der Waals surface area contributed by atoms with Crippen molar-refractivity contribution in [3.63, 3.8) is 0 Å². The molecule has 3 rings (SSSR count). The summed E-state index contributed by atoms with van der Waals surface area (Å²) in [6.07, 6.45) is 1.76. The largest absolute Gasteiger partial charge is 0.368 e. The Morgan fingerprint density at radius 3 is 2.69 bits per heavy atom. The van der Waals surface area contributed by atoms with E-state index in [-0.39, 0.29) is 0 Å². The van der Waals surface area contributed by atoms with E-state index in [0.717, 1.165) is 16.3 Å². The summed E-state index contributed by atoms with van der Waals surface area (Å²) in [5.41, 5.74) is 7.78. The van der Waals surface area contributed by atoms with Crippen molar-refractivity contribution in [1.82, 2.24) is 9.97 Å². The van der Waals surface area contributed by atoms with E-state index in [2.05, 4.69) is 41.2 Å². The van der Waals surface area contributed by atoms with Crippen LogP contribution in [-0.2, 0) is 0 Å². The Kier molecular flexibility index (Phi) is 1.80. The van der Waals surface area contributed by atoms with Gasteiger partial charge in [-0.3, -0.25) is 0 Å². The van der Waals surface area contributed by atoms with Crippen LogP contribution in [-0.4, -0.2) is 9.97 Å². The van der Waals surface area contributed by atoms with E-state index in [1.807, 2.05) is 6.07 Å². The van der Waals surface area contributed by atoms with E-state index >= 15 is 0 Å². The lowest BCUT2D eigenvalue weighted by Crippen LogP contribution is -1.94. The molecule has 0 radical (unpaired) electrons. The molecule has 0 spiro atoms. The minimum atomic E-state index is 0.321. The fourth-order valence-corrected chi connectivity index (χ4v) is 1.94. The first kappa shape index (κ1) is 9.09. The molecule has 78 valence electrons. The zero-order chi connectivity index (χ0) is 11.1. The van der Waals surface area contributed by atoms with Crippen molar-refractivity contribution in [2.45, 2.75) is 6.92 Å². The van der Waals surface area contributed by atoms with Gasteiger partial charge in [-0.15, -0.1) is 0 Å². The number of nitrogens with zero attached hydrogens (tertiary/aromatic N) is 2. The van der Waals surface area contributed by atoms with Crippen molar-refractivity contribution in [2.24, 2.45) is 0 Å². The number of fused-ring (bicyclic) bond motifs is 3. The van der Waals surface area contributed by atoms with Gasteiger partial charge in [-0.05, 0) is 18.4 Å². The van der Waals surface area contributed by atoms with Gasteiger partial charge < -0.3 is 5.73 Å². The van der Waals surface area contributed by atoms with Gasteiger partial charge in [-0.25, -0.2) is 9.97 Å². The molecular weight excluding hydrogens is 198 g/mol. The van der Waals surface area contributed by atoms with Gasteiger partial charge in [0.1, 0.15) is 0 Å². The van der Waals surface area contributed by atoms with Crippen LogP contribution >= 0.6 is 0 Å². The molecule has 0 amide bonds. The third kappa shape index (κ3) is 1.29. The molecular formula is C13H11N3. The van der Waals surface area contributed by atoms with Gasteiger partial charge in [0.05, 0.1) is 5.52 Å². The highest BCUT2D eigenvalue weighted by Crippen LogP contribution is 2.24. The molecule has 16 heavy (non-hydrogen) atoms. The molecule has 0 aliphatic heterocycles. The lowest BCUT2D eigenvalue weighted by molar-refractivity contribution is 1.24. The van der Waals surface area contributed by atoms with Crippen molar-refractivity contribution in [3.8, 4) is 0 Å². The predicted molar refractivity (Wildman–Crippen MR) is 66.2 cm³/mol. The van der Waals surface area contributed by atoms with Crippen LogP contribution in [0.5, 0.6) is 0 Å². The van der Waals surface area contributed by atoms with Crippen molar-refractivity contribution >= 4 is 27.6 Å². The van der Waals surface area contributed by atoms with Crippen LogP contribution in [0.15, 0.2) is 36.5 Å². The third-order valence-corrected chi connectivity index (χ3v) is 2.74. The standard InChI is InChI=1S/C13H11N3/c1-8-2-3-9-4-5-10-7-15-13(14)16-12(10)11(9)6-8/h2-7H,1H3,(H2,14,15,16). The molecule has 0 aliphatic carbocycles. The third-order valence-electron chi connectivity index (χ3n) is 2.74. The SMILES string of the molecule is Cc1ccc2ccc3cnc(N)nc3c2c1. The van der Waals surface area contributed by atoms with Gasteiger partial charge in [-0.1, -0.05) is 29.8 Å². The van der Waals surface area contributed by atoms with Crippen LogP contribution in [0.25, 0.3) is 21.7 Å². The number of anilines is 1. The van der Waals surface area contributed by atoms with E-state index in [0.29, 0.717) is 5.95 Å². The van der Waals surface area contributed by atoms with Crippen LogP contribution in [0.2, 0.25) is 0 Å². The molecule has 3 nitrogen and oxygen atoms in total. The summed E-state index contributed by atoms with van der Waals surface area (Å²) in [5.74, 6) is 0.321. The van der Waals surface area contributed by atoms with Gasteiger partial charge in [-0.2, -0.15) is 0 Å². The quantitative estimate of drug-likeness (QED) is 0.579. The van der Waals surface area contributed by atoms with Crippen molar-refractivity contribution in [1.29, 1.82) is 0 Å². The zero-order valence-corrected chi connectivity index (χ0v) is 8.94. The molecule has 1 aromatic heterocycles. The fourth-order valence-electron chi connectivity index (χ4n) is 1.94. The highest BCUT2D eigenvalue weighted by atomic mass is 15.0. The van der Waals surface area contributed by atoms with Gasteiger partial charge in [0, 0.05) is 17.0 Å². The van der Waals surface area contributed by atoms with E-state index in [1.165, 1.54) is 10.9 Å². The van der Waals surface area contributed by atoms with E-state index in [9.17, 15) is 0 Å². The molecule has 1 heterocycles. The number of hydrogen-bond donors (Lipinski definition) is 1. The summed E-state index contributed by atoms with van der Waals surface area (Å²) >= 11 is 0. The first-order chi connectivity index (χ1) is 7.74. The molecule has 3 aromatic rings. The van der Waals surface area contributed by atoms with Crippen LogP contribution in [0.4, 0.5) is 5.95 Å². The number of aromatic nitrogens is 2. The molecule has 0 fully saturated rings. The molecule has 0 saturated carbocycles. The normalized spacial score (nSPS) is 11.1. The second kappa shape index (κ2) is 3.17. The molecule has 0 bridgehead atoms. The smallest absolute Gasteiger partial charge is 0.220 e. The number of rotatable bonds is 0. The monoisotopic (exact) mass is 209 g/mol. The van der Waals surface area contributed by atoms with Gasteiger partial charge in [0.2, 0.25) is 5.95 Å². The summed E-state index contributed by atoms with van der Waals surface area (Å²) in [6, 6.07) is 10.4. The average molecular weight is 209 g/mol. The van der Waals surface area contributed by atoms with E-state index in [4.69, 9.17) is 5.73 Å². The minimum absolute atomic E-state index is 0.321. The maximum absolute atomic E-state index is 5.63. The summed E-state index contributed by atoms with van der Waals surface area (Å²) in [7, 11) is 0. The number of nitrogens with two attached hydrogens (primary N) is 1. The molecule has 2 aromatic carbocycles. The highest BCUT2D eigenvalue weighted by Gasteiger charge is 2.03. The molecule has 0 saturated heterocycles. The number of aryl methyl sites for hydroxylation is 1. The first-order valence-corrected chi connectivity index (χ1v) is 5.16. The van der Waals surface area contributed by atoms with Crippen LogP contribution in [0.1, 0.15) is 5.56 Å². The second-order valence-electron chi connectivity index (χ2n) is 3.96. The Labute approximate surface area is 92.9 Å². The van der Waals surface area contributed by atoms with Crippen LogP contribution in [0.3, 0.4) is 0 Å². The molecule has 0 atom stereocenters. The number of benzene rings is 2. The molecule has 0 unspecified atom stereocenters. The Hall–Kier alpha value is -2.16. The van der Waals surface area contributed by atoms with Crippen molar-refractivity contribution < 1.29 is 0 Å². The zero-order valence-electron chi connectivity index (χ0n) is 8.94. The maximum atomic E-state index is 5.63. The molecule has 2 N–H and O–H groups in total. The predicted octanol–water partition coefficient (Wildman–Crippen LogP) is 2.67. The average Bonchev–Trinajstić information content (AvgIpc) is 2.29. The van der Waals surface area contributed by atoms with Crippen molar-refractivity contribution in [3.05, 3.63) is 42.1 Å². The summed E-state index contributed by atoms with van der Waals surface area (Å²) in [6.45, 7) is 2.07. The Bertz CT molecular complexity index is 628. The summed E-state index contributed by atoms with van der Waals surface area (Å²) in [5, 5.41) is 3.33. The van der Waals surface area contributed by atoms with Crippen LogP contribution in [0, 0.1) is 6.92 Å². The highest BCUT2D eigenvalue weighted by molar-refractivity contribution is 6.05. The Morgan fingerprint density at radius 1 is 1.06 bits per heavy atom. The molecule has 3 heteroatoms. The fraction of sp³-hybridized carbons (Fsp3) is 0.0769. The Morgan fingerprint density at radius 2 is 1.81 bits per heavy atom. The Balaban J connectivity index is 2.55. The lowest BCUT2D eigenvalue weighted by atomic mass is 10.0. The van der Waals surface area contributed by atoms with Gasteiger partial charge >= 0.3 is 0 Å². The lowest BCUT2D eigenvalue weighted by Gasteiger charge is -2.04. The van der Waals surface area contributed by atoms with Crippen molar-refractivity contribution in [2.75, 3.05) is 5.73 Å². The first-order valence-electron chi connectivity index (χ1n) is 5.16. The van der Waals surface area contributed by atoms with E-state index in [1.54, 1.807) is 6.20 Å². The maximum Gasteiger partial charge on any atom is 0.220 e. The topological polar surface area (TPSA) is 51.8 Å². The number of hydrogen-bond acceptors (Lipinski definition) is 3. The van der Waals surface area contributed by atoms with Gasteiger partial charge in [0.15, 0.2) is 0 Å². The van der Waals surface area contributed by atoms with Gasteiger partial charge in [0.25, 0.3) is 0 Å². The minimum Gasteiger partial charge on any atom is -0.368 e. The summed E-state index contributed by atoms with van der Waals surface area (Å²) < 4.78 is 0.